The number of anilines is 2. The molecule has 8 heteroatoms. The predicted molar refractivity (Wildman–Crippen MR) is 104 cm³/mol. The monoisotopic (exact) mass is 400 g/mol. The van der Waals surface area contributed by atoms with Crippen LogP contribution in [0.4, 0.5) is 15.2 Å². The molecule has 4 rings (SSSR count). The van der Waals surface area contributed by atoms with E-state index in [1.165, 1.54) is 35.3 Å². The average Bonchev–Trinajstić information content (AvgIpc) is 3.04. The minimum absolute atomic E-state index is 0.344. The second-order valence-electron chi connectivity index (χ2n) is 6.81. The van der Waals surface area contributed by atoms with E-state index in [9.17, 15) is 19.1 Å². The molecular weight excluding hydrogens is 383 g/mol. The van der Waals surface area contributed by atoms with Crippen LogP contribution >= 0.6 is 11.3 Å². The SMILES string of the molecule is CCc1ccc2c(c1)OC(C)(CC(=O)O)C(=O)N2c1nc2cc(F)ccc2s1. The molecule has 1 unspecified atom stereocenters. The second-order valence-corrected chi connectivity index (χ2v) is 7.82. The molecular formula is C20H17FN2O4S. The first-order chi connectivity index (χ1) is 13.3. The van der Waals surface area contributed by atoms with Crippen molar-refractivity contribution in [3.8, 4) is 5.75 Å². The lowest BCUT2D eigenvalue weighted by Crippen LogP contribution is -2.53. The van der Waals surface area contributed by atoms with Crippen molar-refractivity contribution in [1.29, 1.82) is 0 Å². The summed E-state index contributed by atoms with van der Waals surface area (Å²) in [6, 6.07) is 9.70. The summed E-state index contributed by atoms with van der Waals surface area (Å²) < 4.78 is 20.2. The van der Waals surface area contributed by atoms with Crippen molar-refractivity contribution in [3.05, 3.63) is 47.8 Å². The zero-order valence-electron chi connectivity index (χ0n) is 15.2. The van der Waals surface area contributed by atoms with Crippen LogP contribution in [0.2, 0.25) is 0 Å². The van der Waals surface area contributed by atoms with E-state index in [0.29, 0.717) is 22.1 Å². The maximum Gasteiger partial charge on any atom is 0.307 e. The van der Waals surface area contributed by atoms with Crippen molar-refractivity contribution in [3.63, 3.8) is 0 Å². The van der Waals surface area contributed by atoms with E-state index >= 15 is 0 Å². The summed E-state index contributed by atoms with van der Waals surface area (Å²) in [5.41, 5.74) is 0.349. The molecule has 0 radical (unpaired) electrons. The molecule has 0 bridgehead atoms. The second kappa shape index (κ2) is 6.56. The molecule has 0 fully saturated rings. The first kappa shape index (κ1) is 18.4. The lowest BCUT2D eigenvalue weighted by molar-refractivity contribution is -0.148. The van der Waals surface area contributed by atoms with Gasteiger partial charge in [0.1, 0.15) is 11.6 Å². The van der Waals surface area contributed by atoms with Crippen LogP contribution in [0.3, 0.4) is 0 Å². The molecule has 0 aliphatic carbocycles. The van der Waals surface area contributed by atoms with E-state index in [-0.39, 0.29) is 0 Å². The Bertz CT molecular complexity index is 1110. The molecule has 3 aromatic rings. The molecule has 0 saturated carbocycles. The molecule has 0 spiro atoms. The van der Waals surface area contributed by atoms with Crippen LogP contribution in [0, 0.1) is 5.82 Å². The molecule has 2 aromatic carbocycles. The number of carboxylic acid groups (broad SMARTS) is 1. The van der Waals surface area contributed by atoms with Crippen molar-refractivity contribution >= 4 is 44.2 Å². The number of amides is 1. The number of aliphatic carboxylic acids is 1. The van der Waals surface area contributed by atoms with E-state index in [2.05, 4.69) is 4.98 Å². The largest absolute Gasteiger partial charge is 0.481 e. The Kier molecular flexibility index (Phi) is 4.30. The van der Waals surface area contributed by atoms with Crippen LogP contribution in [0.5, 0.6) is 5.75 Å². The number of carbonyl (C=O) groups excluding carboxylic acids is 1. The molecule has 2 heterocycles. The van der Waals surface area contributed by atoms with Gasteiger partial charge in [-0.25, -0.2) is 14.3 Å². The molecule has 1 aliphatic rings. The Morgan fingerprint density at radius 2 is 2.11 bits per heavy atom. The molecule has 0 saturated heterocycles. The average molecular weight is 400 g/mol. The summed E-state index contributed by atoms with van der Waals surface area (Å²) in [7, 11) is 0. The number of nitrogens with zero attached hydrogens (tertiary/aromatic N) is 2. The van der Waals surface area contributed by atoms with Crippen LogP contribution in [0.1, 0.15) is 25.8 Å². The topological polar surface area (TPSA) is 79.7 Å². The van der Waals surface area contributed by atoms with Gasteiger partial charge in [-0.15, -0.1) is 0 Å². The van der Waals surface area contributed by atoms with Gasteiger partial charge >= 0.3 is 5.97 Å². The molecule has 1 aliphatic heterocycles. The number of aryl methyl sites for hydroxylation is 1. The van der Waals surface area contributed by atoms with E-state index in [4.69, 9.17) is 4.74 Å². The number of aromatic nitrogens is 1. The number of halogens is 1. The summed E-state index contributed by atoms with van der Waals surface area (Å²) in [4.78, 5) is 30.4. The fourth-order valence-corrected chi connectivity index (χ4v) is 4.21. The van der Waals surface area contributed by atoms with Gasteiger partial charge in [0.15, 0.2) is 10.7 Å². The maximum absolute atomic E-state index is 13.6. The third kappa shape index (κ3) is 2.99. The molecule has 28 heavy (non-hydrogen) atoms. The number of carbonyl (C=O) groups is 2. The first-order valence-corrected chi connectivity index (χ1v) is 9.57. The van der Waals surface area contributed by atoms with Gasteiger partial charge < -0.3 is 9.84 Å². The van der Waals surface area contributed by atoms with Crippen LogP contribution < -0.4 is 9.64 Å². The maximum atomic E-state index is 13.6. The zero-order chi connectivity index (χ0) is 20.1. The minimum Gasteiger partial charge on any atom is -0.481 e. The number of carboxylic acids is 1. The summed E-state index contributed by atoms with van der Waals surface area (Å²) in [6.07, 6.45) is 0.276. The number of rotatable bonds is 4. The minimum atomic E-state index is -1.58. The normalized spacial score (nSPS) is 18.8. The number of thiazole rings is 1. The number of hydrogen-bond donors (Lipinski definition) is 1. The van der Waals surface area contributed by atoms with E-state index in [1.807, 2.05) is 19.1 Å². The van der Waals surface area contributed by atoms with Gasteiger partial charge in [0, 0.05) is 6.07 Å². The number of benzene rings is 2. The lowest BCUT2D eigenvalue weighted by Gasteiger charge is -2.39. The standard InChI is InChI=1S/C20H17FN2O4S/c1-3-11-4-6-14-15(8-11)27-20(2,10-17(24)25)18(26)23(14)19-22-13-9-12(21)5-7-16(13)28-19/h4-9H,3,10H2,1-2H3,(H,24,25). The molecule has 6 nitrogen and oxygen atoms in total. The van der Waals surface area contributed by atoms with Crippen molar-refractivity contribution < 1.29 is 23.8 Å². The van der Waals surface area contributed by atoms with E-state index in [0.717, 1.165) is 16.7 Å². The number of fused-ring (bicyclic) bond motifs is 2. The molecule has 1 atom stereocenters. The first-order valence-electron chi connectivity index (χ1n) is 8.75. The molecule has 1 N–H and O–H groups in total. The Morgan fingerprint density at radius 1 is 1.32 bits per heavy atom. The van der Waals surface area contributed by atoms with Crippen molar-refractivity contribution in [2.24, 2.45) is 0 Å². The Hall–Kier alpha value is -3.00. The van der Waals surface area contributed by atoms with Gasteiger partial charge in [0.05, 0.1) is 22.3 Å². The number of ether oxygens (including phenoxy) is 1. The van der Waals surface area contributed by atoms with Gasteiger partial charge in [-0.1, -0.05) is 24.3 Å². The quantitative estimate of drug-likeness (QED) is 0.707. The highest BCUT2D eigenvalue weighted by Crippen LogP contribution is 2.45. The smallest absolute Gasteiger partial charge is 0.307 e. The van der Waals surface area contributed by atoms with Crippen LogP contribution in [-0.4, -0.2) is 27.6 Å². The predicted octanol–water partition coefficient (Wildman–Crippen LogP) is 4.29. The zero-order valence-corrected chi connectivity index (χ0v) is 16.0. The molecule has 1 amide bonds. The highest BCUT2D eigenvalue weighted by atomic mass is 32.1. The van der Waals surface area contributed by atoms with Crippen LogP contribution in [0.15, 0.2) is 36.4 Å². The third-order valence-electron chi connectivity index (χ3n) is 4.68. The fourth-order valence-electron chi connectivity index (χ4n) is 3.25. The van der Waals surface area contributed by atoms with E-state index < -0.39 is 29.7 Å². The molecule has 1 aromatic heterocycles. The number of hydrogen-bond acceptors (Lipinski definition) is 5. The van der Waals surface area contributed by atoms with Gasteiger partial charge in [-0.05, 0) is 43.2 Å². The summed E-state index contributed by atoms with van der Waals surface area (Å²) in [5.74, 6) is -1.65. The van der Waals surface area contributed by atoms with Gasteiger partial charge in [0.2, 0.25) is 0 Å². The third-order valence-corrected chi connectivity index (χ3v) is 5.70. The van der Waals surface area contributed by atoms with Crippen molar-refractivity contribution in [2.45, 2.75) is 32.3 Å². The highest BCUT2D eigenvalue weighted by Gasteiger charge is 2.47. The molecule has 144 valence electrons. The Labute approximate surface area is 164 Å². The van der Waals surface area contributed by atoms with E-state index in [1.54, 1.807) is 12.1 Å². The van der Waals surface area contributed by atoms with Gasteiger partial charge in [-0.2, -0.15) is 0 Å². The lowest BCUT2D eigenvalue weighted by atomic mass is 9.97. The summed E-state index contributed by atoms with van der Waals surface area (Å²) in [6.45, 7) is 3.46. The highest BCUT2D eigenvalue weighted by molar-refractivity contribution is 7.22. The van der Waals surface area contributed by atoms with Crippen LogP contribution in [0.25, 0.3) is 10.2 Å². The van der Waals surface area contributed by atoms with Gasteiger partial charge in [-0.3, -0.25) is 9.59 Å². The van der Waals surface area contributed by atoms with Crippen molar-refractivity contribution in [1.82, 2.24) is 4.98 Å². The Balaban J connectivity index is 1.90. The fraction of sp³-hybridized carbons (Fsp3) is 0.250. The van der Waals surface area contributed by atoms with Crippen molar-refractivity contribution in [2.75, 3.05) is 4.90 Å². The Morgan fingerprint density at radius 3 is 2.82 bits per heavy atom. The van der Waals surface area contributed by atoms with Crippen LogP contribution in [-0.2, 0) is 16.0 Å². The van der Waals surface area contributed by atoms with Gasteiger partial charge in [0.25, 0.3) is 5.91 Å². The summed E-state index contributed by atoms with van der Waals surface area (Å²) in [5, 5.41) is 9.64. The summed E-state index contributed by atoms with van der Waals surface area (Å²) >= 11 is 1.23.